The second kappa shape index (κ2) is 7.10. The summed E-state index contributed by atoms with van der Waals surface area (Å²) in [7, 11) is 0. The second-order valence-corrected chi connectivity index (χ2v) is 8.48. The molecule has 2 saturated heterocycles. The van der Waals surface area contributed by atoms with Crippen molar-refractivity contribution in [3.63, 3.8) is 0 Å². The number of oxazole rings is 1. The largest absolute Gasteiger partial charge is 0.435 e. The lowest BCUT2D eigenvalue weighted by molar-refractivity contribution is 0.0589. The lowest BCUT2D eigenvalue weighted by Gasteiger charge is -2.37. The van der Waals surface area contributed by atoms with E-state index >= 15 is 0 Å². The lowest BCUT2D eigenvalue weighted by Crippen LogP contribution is -2.45. The molecule has 1 aromatic heterocycles. The Hall–Kier alpha value is -1.36. The maximum Gasteiger partial charge on any atom is 0.291 e. The Morgan fingerprint density at radius 2 is 1.92 bits per heavy atom. The number of carbonyl (C=O) groups is 1. The predicted octanol–water partition coefficient (Wildman–Crippen LogP) is 3.44. The highest BCUT2D eigenvalue weighted by Crippen LogP contribution is 2.40. The maximum atomic E-state index is 12.9. The number of hydrogen-bond acceptors (Lipinski definition) is 4. The zero-order chi connectivity index (χ0) is 17.4. The number of aryl methyl sites for hydroxylation is 1. The number of piperidine rings is 2. The highest BCUT2D eigenvalue weighted by Gasteiger charge is 2.33. The fourth-order valence-electron chi connectivity index (χ4n) is 4.27. The van der Waals surface area contributed by atoms with Gasteiger partial charge in [-0.05, 0) is 70.4 Å². The summed E-state index contributed by atoms with van der Waals surface area (Å²) in [6, 6.07) is 0. The first kappa shape index (κ1) is 17.1. The molecule has 0 spiro atoms. The van der Waals surface area contributed by atoms with Crippen LogP contribution in [-0.2, 0) is 0 Å². The second-order valence-electron chi connectivity index (χ2n) is 8.48. The zero-order valence-corrected chi connectivity index (χ0v) is 15.7. The Bertz CT molecular complexity index is 614. The summed E-state index contributed by atoms with van der Waals surface area (Å²) in [5, 5.41) is 0. The molecular formula is C20H31N3O2. The van der Waals surface area contributed by atoms with Crippen LogP contribution in [0, 0.1) is 18.8 Å². The molecule has 5 heteroatoms. The summed E-state index contributed by atoms with van der Waals surface area (Å²) >= 11 is 0. The predicted molar refractivity (Wildman–Crippen MR) is 96.7 cm³/mol. The van der Waals surface area contributed by atoms with Crippen LogP contribution < -0.4 is 0 Å². The molecule has 138 valence electrons. The van der Waals surface area contributed by atoms with Gasteiger partial charge in [0.15, 0.2) is 5.89 Å². The van der Waals surface area contributed by atoms with Crippen molar-refractivity contribution < 1.29 is 9.21 Å². The normalized spacial score (nSPS) is 26.2. The van der Waals surface area contributed by atoms with Crippen LogP contribution in [-0.4, -0.2) is 53.4 Å². The Balaban J connectivity index is 1.36. The van der Waals surface area contributed by atoms with Gasteiger partial charge >= 0.3 is 0 Å². The van der Waals surface area contributed by atoms with Crippen molar-refractivity contribution in [1.82, 2.24) is 14.8 Å². The molecule has 0 radical (unpaired) electrons. The topological polar surface area (TPSA) is 49.6 Å². The molecule has 0 bridgehead atoms. The summed E-state index contributed by atoms with van der Waals surface area (Å²) < 4.78 is 5.84. The van der Waals surface area contributed by atoms with Crippen LogP contribution in [0.25, 0.3) is 0 Å². The fourth-order valence-corrected chi connectivity index (χ4v) is 4.27. The molecule has 3 fully saturated rings. The number of amides is 1. The average Bonchev–Trinajstić information content (AvgIpc) is 3.39. The molecule has 5 nitrogen and oxygen atoms in total. The lowest BCUT2D eigenvalue weighted by atomic mass is 9.94. The van der Waals surface area contributed by atoms with E-state index in [9.17, 15) is 4.79 Å². The molecule has 2 aliphatic heterocycles. The molecule has 3 heterocycles. The third-order valence-electron chi connectivity index (χ3n) is 6.13. The first-order valence-electron chi connectivity index (χ1n) is 10.1. The average molecular weight is 345 g/mol. The van der Waals surface area contributed by atoms with Crippen molar-refractivity contribution in [3.05, 3.63) is 17.3 Å². The molecule has 1 saturated carbocycles. The molecule has 0 unspecified atom stereocenters. The van der Waals surface area contributed by atoms with Gasteiger partial charge in [0, 0.05) is 25.6 Å². The Kier molecular flexibility index (Phi) is 4.85. The molecular weight excluding hydrogens is 314 g/mol. The fraction of sp³-hybridized carbons (Fsp3) is 0.800. The smallest absolute Gasteiger partial charge is 0.291 e. The third kappa shape index (κ3) is 3.91. The van der Waals surface area contributed by atoms with Crippen molar-refractivity contribution in [2.24, 2.45) is 11.8 Å². The van der Waals surface area contributed by atoms with Crippen molar-refractivity contribution in [1.29, 1.82) is 0 Å². The van der Waals surface area contributed by atoms with Crippen molar-refractivity contribution in [2.45, 2.75) is 58.3 Å². The van der Waals surface area contributed by atoms with Gasteiger partial charge in [0.05, 0.1) is 5.69 Å². The van der Waals surface area contributed by atoms with Crippen LogP contribution in [0.5, 0.6) is 0 Å². The Morgan fingerprint density at radius 1 is 1.16 bits per heavy atom. The van der Waals surface area contributed by atoms with E-state index in [4.69, 9.17) is 4.42 Å². The Morgan fingerprint density at radius 3 is 2.64 bits per heavy atom. The highest BCUT2D eigenvalue weighted by molar-refractivity contribution is 5.92. The van der Waals surface area contributed by atoms with E-state index in [2.05, 4.69) is 16.8 Å². The molecule has 0 N–H and O–H groups in total. The van der Waals surface area contributed by atoms with Crippen LogP contribution in [0.1, 0.15) is 73.5 Å². The number of aromatic nitrogens is 1. The van der Waals surface area contributed by atoms with E-state index in [1.807, 2.05) is 11.8 Å². The van der Waals surface area contributed by atoms with E-state index in [1.165, 1.54) is 32.4 Å². The van der Waals surface area contributed by atoms with Crippen molar-refractivity contribution in [2.75, 3.05) is 32.7 Å². The number of hydrogen-bond donors (Lipinski definition) is 0. The molecule has 1 atom stereocenters. The molecule has 1 amide bonds. The highest BCUT2D eigenvalue weighted by atomic mass is 16.4. The summed E-state index contributed by atoms with van der Waals surface area (Å²) in [4.78, 5) is 22.0. The first-order valence-corrected chi connectivity index (χ1v) is 10.1. The quantitative estimate of drug-likeness (QED) is 0.839. The Labute approximate surface area is 150 Å². The molecule has 0 aromatic carbocycles. The number of rotatable bonds is 4. The van der Waals surface area contributed by atoms with Crippen LogP contribution in [0.2, 0.25) is 0 Å². The van der Waals surface area contributed by atoms with Gasteiger partial charge in [-0.25, -0.2) is 4.98 Å². The summed E-state index contributed by atoms with van der Waals surface area (Å²) in [6.45, 7) is 9.55. The standard InChI is InChI=1S/C20H31N3O2/c1-14-7-10-22(11-8-14)12-16-4-3-9-23(13-16)20(24)18-15(2)21-19(25-18)17-5-6-17/h14,16-17H,3-13H2,1-2H3/t16-/m1/s1. The maximum absolute atomic E-state index is 12.9. The summed E-state index contributed by atoms with van der Waals surface area (Å²) in [6.07, 6.45) is 7.26. The minimum atomic E-state index is 0.0499. The molecule has 3 aliphatic rings. The molecule has 1 aliphatic carbocycles. The summed E-state index contributed by atoms with van der Waals surface area (Å²) in [5.41, 5.74) is 0.763. The van der Waals surface area contributed by atoms with E-state index in [1.54, 1.807) is 0 Å². The van der Waals surface area contributed by atoms with Gasteiger partial charge in [-0.1, -0.05) is 6.92 Å². The van der Waals surface area contributed by atoms with Gasteiger partial charge in [0.25, 0.3) is 5.91 Å². The molecule has 4 rings (SSSR count). The van der Waals surface area contributed by atoms with Crippen molar-refractivity contribution in [3.8, 4) is 0 Å². The SMILES string of the molecule is Cc1nc(C2CC2)oc1C(=O)N1CCC[C@H](CN2CCC(C)CC2)C1. The zero-order valence-electron chi connectivity index (χ0n) is 15.7. The van der Waals surface area contributed by atoms with Crippen LogP contribution in [0.4, 0.5) is 0 Å². The van der Waals surface area contributed by atoms with E-state index in [0.717, 1.165) is 56.4 Å². The van der Waals surface area contributed by atoms with Crippen molar-refractivity contribution >= 4 is 5.91 Å². The third-order valence-corrected chi connectivity index (χ3v) is 6.13. The number of nitrogens with zero attached hydrogens (tertiary/aromatic N) is 3. The molecule has 25 heavy (non-hydrogen) atoms. The van der Waals surface area contributed by atoms with E-state index in [0.29, 0.717) is 17.6 Å². The first-order chi connectivity index (χ1) is 12.1. The molecule has 1 aromatic rings. The summed E-state index contributed by atoms with van der Waals surface area (Å²) in [5.74, 6) is 3.23. The van der Waals surface area contributed by atoms with Gasteiger partial charge in [0.1, 0.15) is 0 Å². The van der Waals surface area contributed by atoms with Gasteiger partial charge in [-0.2, -0.15) is 0 Å². The van der Waals surface area contributed by atoms with Crippen LogP contribution >= 0.6 is 0 Å². The van der Waals surface area contributed by atoms with E-state index < -0.39 is 0 Å². The number of carbonyl (C=O) groups excluding carboxylic acids is 1. The van der Waals surface area contributed by atoms with Gasteiger partial charge < -0.3 is 14.2 Å². The van der Waals surface area contributed by atoms with Crippen LogP contribution in [0.3, 0.4) is 0 Å². The minimum absolute atomic E-state index is 0.0499. The van der Waals surface area contributed by atoms with E-state index in [-0.39, 0.29) is 5.91 Å². The van der Waals surface area contributed by atoms with Gasteiger partial charge in [0.2, 0.25) is 5.76 Å². The minimum Gasteiger partial charge on any atom is -0.435 e. The van der Waals surface area contributed by atoms with Gasteiger partial charge in [-0.15, -0.1) is 0 Å². The monoisotopic (exact) mass is 345 g/mol. The van der Waals surface area contributed by atoms with Gasteiger partial charge in [-0.3, -0.25) is 4.79 Å². The number of likely N-dealkylation sites (tertiary alicyclic amines) is 2. The van der Waals surface area contributed by atoms with Crippen LogP contribution in [0.15, 0.2) is 4.42 Å².